The summed E-state index contributed by atoms with van der Waals surface area (Å²) in [5, 5.41) is 0. The fraction of sp³-hybridized carbons (Fsp3) is 0.857. The summed E-state index contributed by atoms with van der Waals surface area (Å²) in [6, 6.07) is 0. The largest absolute Gasteiger partial charge is 0.523 e. The summed E-state index contributed by atoms with van der Waals surface area (Å²) < 4.78 is 65.7. The van der Waals surface area contributed by atoms with Gasteiger partial charge in [0.25, 0.3) is 0 Å². The third-order valence-corrected chi connectivity index (χ3v) is 3.03. The van der Waals surface area contributed by atoms with E-state index in [4.69, 9.17) is 0 Å². The van der Waals surface area contributed by atoms with Gasteiger partial charge in [0.1, 0.15) is 0 Å². The maximum absolute atomic E-state index is 12.0. The quantitative estimate of drug-likeness (QED) is 0.418. The molecule has 1 atom stereocenters. The smallest absolute Gasteiger partial charge is 0.463 e. The second-order valence-corrected chi connectivity index (χ2v) is 5.54. The number of esters is 1. The van der Waals surface area contributed by atoms with Gasteiger partial charge < -0.3 is 4.74 Å². The van der Waals surface area contributed by atoms with E-state index >= 15 is 0 Å². The van der Waals surface area contributed by atoms with Crippen LogP contribution in [-0.4, -0.2) is 32.6 Å². The number of hydrogen-bond acceptors (Lipinski definition) is 5. The van der Waals surface area contributed by atoms with Crippen LogP contribution >= 0.6 is 0 Å². The van der Waals surface area contributed by atoms with Crippen molar-refractivity contribution in [1.29, 1.82) is 0 Å². The van der Waals surface area contributed by atoms with Crippen molar-refractivity contribution in [2.24, 2.45) is 5.41 Å². The summed E-state index contributed by atoms with van der Waals surface area (Å²) in [5.74, 6) is -1.11. The predicted octanol–water partition coefficient (Wildman–Crippen LogP) is 0.804. The molecule has 0 amide bonds. The molecule has 0 radical (unpaired) electrons. The van der Waals surface area contributed by atoms with E-state index < -0.39 is 33.1 Å². The number of alkyl halides is 3. The molecular formula is C7H9F3O5S. The van der Waals surface area contributed by atoms with Crippen LogP contribution in [0.4, 0.5) is 13.2 Å². The van der Waals surface area contributed by atoms with Gasteiger partial charge in [0.05, 0.1) is 6.61 Å². The monoisotopic (exact) mass is 262 g/mol. The molecule has 0 N–H and O–H groups in total. The normalized spacial score (nSPS) is 25.6. The zero-order valence-electron chi connectivity index (χ0n) is 8.37. The Hall–Kier alpha value is -0.830. The first kappa shape index (κ1) is 13.2. The van der Waals surface area contributed by atoms with Crippen molar-refractivity contribution in [3.63, 3.8) is 0 Å². The van der Waals surface area contributed by atoms with Crippen LogP contribution in [0.25, 0.3) is 0 Å². The first-order valence-electron chi connectivity index (χ1n) is 4.13. The second-order valence-electron chi connectivity index (χ2n) is 3.97. The first-order valence-corrected chi connectivity index (χ1v) is 5.54. The Morgan fingerprint density at radius 1 is 1.44 bits per heavy atom. The Labute approximate surface area is 89.6 Å². The van der Waals surface area contributed by atoms with E-state index in [1.54, 1.807) is 0 Å². The molecule has 94 valence electrons. The Morgan fingerprint density at radius 2 is 1.94 bits per heavy atom. The van der Waals surface area contributed by atoms with E-state index in [9.17, 15) is 26.4 Å². The number of halogens is 3. The van der Waals surface area contributed by atoms with Gasteiger partial charge in [-0.25, -0.2) is 8.98 Å². The summed E-state index contributed by atoms with van der Waals surface area (Å²) >= 11 is 0. The fourth-order valence-corrected chi connectivity index (χ4v) is 1.78. The van der Waals surface area contributed by atoms with Gasteiger partial charge >= 0.3 is 21.6 Å². The van der Waals surface area contributed by atoms with Crippen molar-refractivity contribution >= 4 is 16.1 Å². The van der Waals surface area contributed by atoms with E-state index in [1.165, 1.54) is 13.8 Å². The van der Waals surface area contributed by atoms with Crippen LogP contribution in [0.15, 0.2) is 0 Å². The fourth-order valence-electron chi connectivity index (χ4n) is 1.08. The van der Waals surface area contributed by atoms with E-state index in [0.717, 1.165) is 0 Å². The lowest BCUT2D eigenvalue weighted by atomic mass is 9.90. The highest BCUT2D eigenvalue weighted by Crippen LogP contribution is 2.35. The topological polar surface area (TPSA) is 69.7 Å². The molecule has 1 fully saturated rings. The number of carbonyl (C=O) groups is 1. The molecule has 5 nitrogen and oxygen atoms in total. The average Bonchev–Trinajstić information content (AvgIpc) is 2.29. The van der Waals surface area contributed by atoms with Gasteiger partial charge in [-0.3, -0.25) is 0 Å². The minimum atomic E-state index is -5.79. The SMILES string of the molecule is CC1(C)COC(=O)C1OS(=O)(=O)C(F)(F)F. The van der Waals surface area contributed by atoms with Crippen molar-refractivity contribution in [3.8, 4) is 0 Å². The standard InChI is InChI=1S/C7H9F3O5S/c1-6(2)3-14-5(11)4(6)15-16(12,13)7(8,9)10/h4H,3H2,1-2H3. The van der Waals surface area contributed by atoms with E-state index in [1.807, 2.05) is 0 Å². The zero-order valence-corrected chi connectivity index (χ0v) is 9.18. The van der Waals surface area contributed by atoms with Crippen LogP contribution in [0.3, 0.4) is 0 Å². The summed E-state index contributed by atoms with van der Waals surface area (Å²) in [4.78, 5) is 11.0. The van der Waals surface area contributed by atoms with Gasteiger partial charge in [0.2, 0.25) is 0 Å². The molecular weight excluding hydrogens is 253 g/mol. The van der Waals surface area contributed by atoms with Gasteiger partial charge in [-0.05, 0) is 0 Å². The van der Waals surface area contributed by atoms with Crippen molar-refractivity contribution < 1.29 is 35.3 Å². The van der Waals surface area contributed by atoms with Crippen molar-refractivity contribution in [3.05, 3.63) is 0 Å². The molecule has 16 heavy (non-hydrogen) atoms. The lowest BCUT2D eigenvalue weighted by Gasteiger charge is -2.21. The third-order valence-electron chi connectivity index (χ3n) is 2.02. The highest BCUT2D eigenvalue weighted by molar-refractivity contribution is 7.87. The molecule has 0 aliphatic carbocycles. The molecule has 0 aromatic rings. The lowest BCUT2D eigenvalue weighted by molar-refractivity contribution is -0.144. The van der Waals surface area contributed by atoms with Crippen molar-refractivity contribution in [1.82, 2.24) is 0 Å². The van der Waals surface area contributed by atoms with E-state index in [0.29, 0.717) is 0 Å². The lowest BCUT2D eigenvalue weighted by Crippen LogP contribution is -2.39. The molecule has 1 aliphatic rings. The molecule has 9 heteroatoms. The first-order chi connectivity index (χ1) is 6.97. The maximum Gasteiger partial charge on any atom is 0.523 e. The average molecular weight is 262 g/mol. The van der Waals surface area contributed by atoms with Crippen LogP contribution in [0.1, 0.15) is 13.8 Å². The summed E-state index contributed by atoms with van der Waals surface area (Å²) in [6.07, 6.45) is -1.76. The molecule has 1 rings (SSSR count). The number of carbonyl (C=O) groups excluding carboxylic acids is 1. The Balaban J connectivity index is 2.94. The van der Waals surface area contributed by atoms with E-state index in [-0.39, 0.29) is 6.61 Å². The van der Waals surface area contributed by atoms with Crippen LogP contribution in [-0.2, 0) is 23.8 Å². The molecule has 0 aromatic carbocycles. The molecule has 0 saturated carbocycles. The number of hydrogen-bond donors (Lipinski definition) is 0. The summed E-state index contributed by atoms with van der Waals surface area (Å²) in [6.45, 7) is 2.55. The van der Waals surface area contributed by atoms with Crippen LogP contribution < -0.4 is 0 Å². The maximum atomic E-state index is 12.0. The molecule has 0 spiro atoms. The minimum absolute atomic E-state index is 0.191. The molecule has 0 aromatic heterocycles. The van der Waals surface area contributed by atoms with Gasteiger partial charge in [-0.2, -0.15) is 21.6 Å². The molecule has 1 aliphatic heterocycles. The minimum Gasteiger partial charge on any atom is -0.463 e. The highest BCUT2D eigenvalue weighted by atomic mass is 32.2. The second kappa shape index (κ2) is 3.59. The summed E-state index contributed by atoms with van der Waals surface area (Å²) in [7, 11) is -5.79. The van der Waals surface area contributed by atoms with Crippen molar-refractivity contribution in [2.45, 2.75) is 25.5 Å². The van der Waals surface area contributed by atoms with Crippen molar-refractivity contribution in [2.75, 3.05) is 6.61 Å². The Kier molecular flexibility index (Phi) is 2.97. The van der Waals surface area contributed by atoms with Gasteiger partial charge in [-0.15, -0.1) is 0 Å². The number of rotatable bonds is 2. The van der Waals surface area contributed by atoms with Gasteiger partial charge in [0, 0.05) is 5.41 Å². The molecule has 1 heterocycles. The zero-order chi connectivity index (χ0) is 12.8. The number of cyclic esters (lactones) is 1. The van der Waals surface area contributed by atoms with Crippen LogP contribution in [0.5, 0.6) is 0 Å². The van der Waals surface area contributed by atoms with E-state index in [2.05, 4.69) is 8.92 Å². The van der Waals surface area contributed by atoms with Gasteiger partial charge in [0.15, 0.2) is 6.10 Å². The predicted molar refractivity (Wildman–Crippen MR) is 44.6 cm³/mol. The Morgan fingerprint density at radius 3 is 2.25 bits per heavy atom. The molecule has 0 bridgehead atoms. The van der Waals surface area contributed by atoms with Crippen LogP contribution in [0.2, 0.25) is 0 Å². The van der Waals surface area contributed by atoms with Gasteiger partial charge in [-0.1, -0.05) is 13.8 Å². The van der Waals surface area contributed by atoms with Crippen LogP contribution in [0, 0.1) is 5.41 Å². The molecule has 1 saturated heterocycles. The summed E-state index contributed by atoms with van der Waals surface area (Å²) in [5.41, 5.74) is -6.67. The third kappa shape index (κ3) is 2.29. The number of ether oxygens (including phenoxy) is 1. The Bertz CT molecular complexity index is 397. The highest BCUT2D eigenvalue weighted by Gasteiger charge is 2.54. The molecule has 1 unspecified atom stereocenters.